The number of hydrogen-bond acceptors (Lipinski definition) is 3. The number of benzene rings is 10. The SMILES string of the molecule is c1ccc(-c2nc(-c3cccc(-c4ccc5cc(-c6c(-c7ccccc7)ccc7ccccc67)ccc5c4)c3)nc(-c3ccc(-c4ccccc4)c4ccccc34)n2)cc1. The molecule has 0 bridgehead atoms. The molecule has 60 heavy (non-hydrogen) atoms. The highest BCUT2D eigenvalue weighted by Crippen LogP contribution is 2.40. The lowest BCUT2D eigenvalue weighted by molar-refractivity contribution is 1.08. The normalized spacial score (nSPS) is 11.3. The van der Waals surface area contributed by atoms with Crippen LogP contribution in [0.2, 0.25) is 0 Å². The molecule has 0 aliphatic heterocycles. The highest BCUT2D eigenvalue weighted by atomic mass is 15.0. The van der Waals surface area contributed by atoms with E-state index in [4.69, 9.17) is 15.0 Å². The van der Waals surface area contributed by atoms with Crippen molar-refractivity contribution in [2.75, 3.05) is 0 Å². The van der Waals surface area contributed by atoms with Crippen LogP contribution in [0.1, 0.15) is 0 Å². The first kappa shape index (κ1) is 35.2. The fourth-order valence-corrected chi connectivity index (χ4v) is 8.56. The molecule has 11 aromatic rings. The molecule has 1 heterocycles. The van der Waals surface area contributed by atoms with Gasteiger partial charge in [-0.2, -0.15) is 0 Å². The van der Waals surface area contributed by atoms with Crippen molar-refractivity contribution in [2.45, 2.75) is 0 Å². The third kappa shape index (κ3) is 6.49. The molecule has 0 unspecified atom stereocenters. The smallest absolute Gasteiger partial charge is 0.164 e. The molecule has 0 aliphatic carbocycles. The number of hydrogen-bond donors (Lipinski definition) is 0. The molecule has 0 N–H and O–H groups in total. The molecule has 1 aromatic heterocycles. The molecule has 11 rings (SSSR count). The summed E-state index contributed by atoms with van der Waals surface area (Å²) < 4.78 is 0. The van der Waals surface area contributed by atoms with Gasteiger partial charge < -0.3 is 0 Å². The van der Waals surface area contributed by atoms with Gasteiger partial charge in [-0.05, 0) is 101 Å². The van der Waals surface area contributed by atoms with Crippen molar-refractivity contribution >= 4 is 32.3 Å². The second-order valence-corrected chi connectivity index (χ2v) is 15.2. The highest BCUT2D eigenvalue weighted by Gasteiger charge is 2.17. The Bertz CT molecular complexity index is 3360. The summed E-state index contributed by atoms with van der Waals surface area (Å²) in [5, 5.41) is 7.12. The molecule has 0 spiro atoms. The van der Waals surface area contributed by atoms with E-state index in [2.05, 4.69) is 206 Å². The van der Waals surface area contributed by atoms with Gasteiger partial charge in [0, 0.05) is 16.7 Å². The highest BCUT2D eigenvalue weighted by molar-refractivity contribution is 6.06. The van der Waals surface area contributed by atoms with Gasteiger partial charge in [-0.1, -0.05) is 200 Å². The van der Waals surface area contributed by atoms with E-state index in [1.807, 2.05) is 18.2 Å². The van der Waals surface area contributed by atoms with Crippen LogP contribution in [0.3, 0.4) is 0 Å². The molecule has 0 saturated heterocycles. The van der Waals surface area contributed by atoms with Gasteiger partial charge in [0.05, 0.1) is 0 Å². The molecule has 3 nitrogen and oxygen atoms in total. The van der Waals surface area contributed by atoms with E-state index in [-0.39, 0.29) is 0 Å². The number of nitrogens with zero attached hydrogens (tertiary/aromatic N) is 3. The van der Waals surface area contributed by atoms with Crippen molar-refractivity contribution in [2.24, 2.45) is 0 Å². The van der Waals surface area contributed by atoms with Crippen LogP contribution in [0.4, 0.5) is 0 Å². The van der Waals surface area contributed by atoms with E-state index in [0.717, 1.165) is 38.6 Å². The topological polar surface area (TPSA) is 38.7 Å². The van der Waals surface area contributed by atoms with Gasteiger partial charge >= 0.3 is 0 Å². The van der Waals surface area contributed by atoms with Crippen molar-refractivity contribution in [3.05, 3.63) is 224 Å². The summed E-state index contributed by atoms with van der Waals surface area (Å²) in [5.74, 6) is 1.91. The minimum atomic E-state index is 0.631. The van der Waals surface area contributed by atoms with Crippen LogP contribution in [0, 0.1) is 0 Å². The average Bonchev–Trinajstić information content (AvgIpc) is 3.33. The van der Waals surface area contributed by atoms with E-state index < -0.39 is 0 Å². The van der Waals surface area contributed by atoms with Gasteiger partial charge in [0.15, 0.2) is 17.5 Å². The zero-order chi connectivity index (χ0) is 39.8. The van der Waals surface area contributed by atoms with E-state index in [9.17, 15) is 0 Å². The van der Waals surface area contributed by atoms with Gasteiger partial charge in [-0.25, -0.2) is 15.0 Å². The molecule has 0 atom stereocenters. The Kier molecular flexibility index (Phi) is 8.83. The lowest BCUT2D eigenvalue weighted by Gasteiger charge is -2.15. The molecular weight excluding hydrogens is 727 g/mol. The van der Waals surface area contributed by atoms with E-state index in [1.165, 1.54) is 54.9 Å². The molecule has 0 fully saturated rings. The molecule has 10 aromatic carbocycles. The van der Waals surface area contributed by atoms with Crippen molar-refractivity contribution in [1.29, 1.82) is 0 Å². The molecular formula is C57H37N3. The monoisotopic (exact) mass is 763 g/mol. The van der Waals surface area contributed by atoms with Crippen LogP contribution in [0.15, 0.2) is 224 Å². The van der Waals surface area contributed by atoms with Gasteiger partial charge in [-0.15, -0.1) is 0 Å². The predicted octanol–water partition coefficient (Wildman–Crippen LogP) is 15.0. The third-order valence-electron chi connectivity index (χ3n) is 11.5. The lowest BCUT2D eigenvalue weighted by atomic mass is 9.88. The Morgan fingerprint density at radius 3 is 1.38 bits per heavy atom. The summed E-state index contributed by atoms with van der Waals surface area (Å²) in [7, 11) is 0. The molecule has 0 radical (unpaired) electrons. The van der Waals surface area contributed by atoms with Crippen molar-refractivity contribution in [3.63, 3.8) is 0 Å². The Balaban J connectivity index is 0.997. The zero-order valence-electron chi connectivity index (χ0n) is 32.7. The summed E-state index contributed by atoms with van der Waals surface area (Å²) in [6.45, 7) is 0. The first-order chi connectivity index (χ1) is 29.7. The summed E-state index contributed by atoms with van der Waals surface area (Å²) in [6.07, 6.45) is 0. The van der Waals surface area contributed by atoms with Crippen LogP contribution >= 0.6 is 0 Å². The van der Waals surface area contributed by atoms with Gasteiger partial charge in [0.25, 0.3) is 0 Å². The first-order valence-corrected chi connectivity index (χ1v) is 20.3. The minimum absolute atomic E-state index is 0.631. The standard InChI is InChI=1S/C57H37N3/c1-4-15-38(16-5-1)48-33-34-53(52-26-13-12-25-51(48)52)57-59-55(41-20-8-3-9-21-41)58-56(60-57)47-23-14-22-42(37-47)43-27-28-45-36-46(30-29-44(45)35-43)54-49-24-11-10-19-40(49)31-32-50(54)39-17-6-2-7-18-39/h1-37H. The quantitative estimate of drug-likeness (QED) is 0.162. The summed E-state index contributed by atoms with van der Waals surface area (Å²) in [6, 6.07) is 79.6. The second kappa shape index (κ2) is 15.1. The van der Waals surface area contributed by atoms with Crippen LogP contribution in [-0.4, -0.2) is 15.0 Å². The maximum Gasteiger partial charge on any atom is 0.164 e. The van der Waals surface area contributed by atoms with Crippen LogP contribution < -0.4 is 0 Å². The number of aromatic nitrogens is 3. The molecule has 3 heteroatoms. The van der Waals surface area contributed by atoms with Crippen molar-refractivity contribution < 1.29 is 0 Å². The zero-order valence-corrected chi connectivity index (χ0v) is 32.7. The Hall–Kier alpha value is -8.01. The van der Waals surface area contributed by atoms with Crippen LogP contribution in [0.5, 0.6) is 0 Å². The molecule has 0 amide bonds. The largest absolute Gasteiger partial charge is 0.208 e. The van der Waals surface area contributed by atoms with Crippen LogP contribution in [-0.2, 0) is 0 Å². The van der Waals surface area contributed by atoms with E-state index in [0.29, 0.717) is 17.5 Å². The Morgan fingerprint density at radius 2 is 0.667 bits per heavy atom. The molecule has 280 valence electrons. The summed E-state index contributed by atoms with van der Waals surface area (Å²) in [5.41, 5.74) is 12.3. The average molecular weight is 764 g/mol. The first-order valence-electron chi connectivity index (χ1n) is 20.3. The number of rotatable bonds is 7. The second-order valence-electron chi connectivity index (χ2n) is 15.2. The predicted molar refractivity (Wildman–Crippen MR) is 250 cm³/mol. The lowest BCUT2D eigenvalue weighted by Crippen LogP contribution is -2.01. The third-order valence-corrected chi connectivity index (χ3v) is 11.5. The number of fused-ring (bicyclic) bond motifs is 3. The summed E-state index contributed by atoms with van der Waals surface area (Å²) in [4.78, 5) is 15.4. The Morgan fingerprint density at radius 1 is 0.217 bits per heavy atom. The Labute approximate surface area is 349 Å². The van der Waals surface area contributed by atoms with Crippen molar-refractivity contribution in [3.8, 4) is 78.7 Å². The maximum absolute atomic E-state index is 5.20. The van der Waals surface area contributed by atoms with Crippen LogP contribution in [0.25, 0.3) is 111 Å². The van der Waals surface area contributed by atoms with Gasteiger partial charge in [0.2, 0.25) is 0 Å². The minimum Gasteiger partial charge on any atom is -0.208 e. The van der Waals surface area contributed by atoms with Gasteiger partial charge in [0.1, 0.15) is 0 Å². The maximum atomic E-state index is 5.20. The van der Waals surface area contributed by atoms with E-state index >= 15 is 0 Å². The van der Waals surface area contributed by atoms with Gasteiger partial charge in [-0.3, -0.25) is 0 Å². The summed E-state index contributed by atoms with van der Waals surface area (Å²) >= 11 is 0. The van der Waals surface area contributed by atoms with Crippen molar-refractivity contribution in [1.82, 2.24) is 15.0 Å². The molecule has 0 saturated carbocycles. The fourth-order valence-electron chi connectivity index (χ4n) is 8.56. The molecule has 0 aliphatic rings. The fraction of sp³-hybridized carbons (Fsp3) is 0. The van der Waals surface area contributed by atoms with E-state index in [1.54, 1.807) is 0 Å².